The fourth-order valence-electron chi connectivity index (χ4n) is 3.80. The second kappa shape index (κ2) is 7.63. The van der Waals surface area contributed by atoms with Crippen molar-refractivity contribution in [1.82, 2.24) is 24.0 Å². The first-order valence-corrected chi connectivity index (χ1v) is 10.00. The zero-order valence-corrected chi connectivity index (χ0v) is 18.6. The summed E-state index contributed by atoms with van der Waals surface area (Å²) in [5, 5.41) is 9.10. The van der Waals surface area contributed by atoms with Gasteiger partial charge in [0.1, 0.15) is 22.6 Å². The van der Waals surface area contributed by atoms with Crippen molar-refractivity contribution in [2.75, 3.05) is 18.0 Å². The maximum absolute atomic E-state index is 12.6. The molecule has 2 atom stereocenters. The van der Waals surface area contributed by atoms with Gasteiger partial charge in [-0.1, -0.05) is 0 Å². The molecule has 1 aliphatic rings. The van der Waals surface area contributed by atoms with Crippen LogP contribution in [0.25, 0.3) is 11.2 Å². The van der Waals surface area contributed by atoms with Gasteiger partial charge in [0.25, 0.3) is 0 Å². The molecule has 0 N–H and O–H groups in total. The highest BCUT2D eigenvalue weighted by Crippen LogP contribution is 2.28. The number of aryl methyl sites for hydroxylation is 2. The summed E-state index contributed by atoms with van der Waals surface area (Å²) < 4.78 is 8.74. The Kier molecular flexibility index (Phi) is 5.50. The molecule has 0 saturated carbocycles. The number of imidazole rings is 1. The van der Waals surface area contributed by atoms with Crippen LogP contribution in [0.4, 0.5) is 10.6 Å². The highest BCUT2D eigenvalue weighted by molar-refractivity contribution is 5.85. The van der Waals surface area contributed by atoms with Crippen molar-refractivity contribution in [3.8, 4) is 6.07 Å². The number of ether oxygens (including phenoxy) is 1. The van der Waals surface area contributed by atoms with Gasteiger partial charge in [-0.25, -0.2) is 14.6 Å². The molecule has 0 aromatic carbocycles. The van der Waals surface area contributed by atoms with Gasteiger partial charge in [-0.15, -0.1) is 0 Å². The summed E-state index contributed by atoms with van der Waals surface area (Å²) in [6.07, 6.45) is -0.213. The van der Waals surface area contributed by atoms with E-state index in [1.165, 1.54) is 4.57 Å². The zero-order valence-electron chi connectivity index (χ0n) is 18.6. The Morgan fingerprint density at radius 2 is 1.83 bits per heavy atom. The topological polar surface area (TPSA) is 109 Å². The number of rotatable bonds is 2. The molecule has 0 radical (unpaired) electrons. The molecule has 162 valence electrons. The minimum absolute atomic E-state index is 0.0991. The van der Waals surface area contributed by atoms with Crippen LogP contribution < -0.4 is 10.6 Å². The Balaban J connectivity index is 2.00. The lowest BCUT2D eigenvalue weighted by atomic mass is 10.1. The monoisotopic (exact) mass is 415 g/mol. The van der Waals surface area contributed by atoms with E-state index in [9.17, 15) is 9.59 Å². The van der Waals surface area contributed by atoms with Gasteiger partial charge in [-0.2, -0.15) is 10.2 Å². The molecule has 10 nitrogen and oxygen atoms in total. The molecule has 1 saturated heterocycles. The maximum atomic E-state index is 12.6. The average molecular weight is 415 g/mol. The van der Waals surface area contributed by atoms with Gasteiger partial charge in [-0.3, -0.25) is 4.57 Å². The van der Waals surface area contributed by atoms with E-state index >= 15 is 0 Å². The van der Waals surface area contributed by atoms with Gasteiger partial charge in [-0.05, 0) is 34.6 Å². The summed E-state index contributed by atoms with van der Waals surface area (Å²) in [7, 11) is 3.43. The van der Waals surface area contributed by atoms with E-state index in [0.29, 0.717) is 35.9 Å². The lowest BCUT2D eigenvalue weighted by molar-refractivity contribution is 0.0130. The van der Waals surface area contributed by atoms with Crippen molar-refractivity contribution in [3.63, 3.8) is 0 Å². The summed E-state index contributed by atoms with van der Waals surface area (Å²) in [6, 6.07) is 1.87. The summed E-state index contributed by atoms with van der Waals surface area (Å²) in [5.41, 5.74) is 0.236. The van der Waals surface area contributed by atoms with Crippen molar-refractivity contribution in [2.45, 2.75) is 58.7 Å². The van der Waals surface area contributed by atoms with E-state index in [1.807, 2.05) is 39.5 Å². The number of nitriles is 1. The molecule has 2 aromatic rings. The molecular weight excluding hydrogens is 386 g/mol. The van der Waals surface area contributed by atoms with Crippen LogP contribution in [0.3, 0.4) is 0 Å². The number of carbonyl (C=O) groups is 1. The number of piperazine rings is 1. The van der Waals surface area contributed by atoms with Crippen molar-refractivity contribution < 1.29 is 9.53 Å². The van der Waals surface area contributed by atoms with E-state index in [4.69, 9.17) is 10.00 Å². The SMILES string of the molecule is C[C@@H]1CN(c2nc(=O)n(C)c3c2nc(CC#N)n3C)[C@@H](C)CN1C(=O)OC(C)(C)C. The van der Waals surface area contributed by atoms with Crippen LogP contribution in [0.5, 0.6) is 0 Å². The quantitative estimate of drug-likeness (QED) is 0.732. The van der Waals surface area contributed by atoms with Gasteiger partial charge in [0, 0.05) is 39.3 Å². The van der Waals surface area contributed by atoms with Gasteiger partial charge in [0.2, 0.25) is 0 Å². The highest BCUT2D eigenvalue weighted by Gasteiger charge is 2.36. The molecule has 1 amide bonds. The van der Waals surface area contributed by atoms with Gasteiger partial charge in [0.05, 0.1) is 12.5 Å². The minimum Gasteiger partial charge on any atom is -0.444 e. The number of fused-ring (bicyclic) bond motifs is 1. The largest absolute Gasteiger partial charge is 0.444 e. The molecular formula is C20H29N7O3. The van der Waals surface area contributed by atoms with Crippen LogP contribution in [-0.4, -0.2) is 60.9 Å². The zero-order chi connectivity index (χ0) is 22.4. The second-order valence-electron chi connectivity index (χ2n) is 8.85. The van der Waals surface area contributed by atoms with Crippen LogP contribution >= 0.6 is 0 Å². The van der Waals surface area contributed by atoms with Crippen LogP contribution in [0.1, 0.15) is 40.4 Å². The first-order valence-electron chi connectivity index (χ1n) is 10.00. The molecule has 0 spiro atoms. The molecule has 10 heteroatoms. The molecule has 0 aliphatic carbocycles. The minimum atomic E-state index is -0.568. The summed E-state index contributed by atoms with van der Waals surface area (Å²) in [4.78, 5) is 37.8. The van der Waals surface area contributed by atoms with E-state index in [2.05, 4.69) is 16.0 Å². The number of hydrogen-bond acceptors (Lipinski definition) is 7. The Morgan fingerprint density at radius 3 is 2.43 bits per heavy atom. The lowest BCUT2D eigenvalue weighted by Crippen LogP contribution is -2.59. The first kappa shape index (κ1) is 21.6. The van der Waals surface area contributed by atoms with Crippen molar-refractivity contribution >= 4 is 23.1 Å². The molecule has 1 fully saturated rings. The van der Waals surface area contributed by atoms with Gasteiger partial charge < -0.3 is 19.1 Å². The number of amides is 1. The molecule has 1 aliphatic heterocycles. The summed E-state index contributed by atoms with van der Waals surface area (Å²) >= 11 is 0. The molecule has 0 bridgehead atoms. The van der Waals surface area contributed by atoms with E-state index < -0.39 is 11.3 Å². The molecule has 3 heterocycles. The van der Waals surface area contributed by atoms with Gasteiger partial charge >= 0.3 is 11.8 Å². The van der Waals surface area contributed by atoms with Crippen LogP contribution in [0.15, 0.2) is 4.79 Å². The third-order valence-corrected chi connectivity index (χ3v) is 5.30. The molecule has 2 aromatic heterocycles. The average Bonchev–Trinajstić information content (AvgIpc) is 2.95. The summed E-state index contributed by atoms with van der Waals surface area (Å²) in [5.74, 6) is 1.06. The maximum Gasteiger partial charge on any atom is 0.410 e. The smallest absolute Gasteiger partial charge is 0.410 e. The Morgan fingerprint density at radius 1 is 1.17 bits per heavy atom. The normalized spacial score (nSPS) is 19.8. The van der Waals surface area contributed by atoms with Crippen molar-refractivity contribution in [2.24, 2.45) is 14.1 Å². The number of aromatic nitrogens is 4. The Labute approximate surface area is 175 Å². The molecule has 3 rings (SSSR count). The van der Waals surface area contributed by atoms with E-state index in [-0.39, 0.29) is 24.6 Å². The third-order valence-electron chi connectivity index (χ3n) is 5.30. The predicted molar refractivity (Wildman–Crippen MR) is 112 cm³/mol. The fourth-order valence-corrected chi connectivity index (χ4v) is 3.80. The van der Waals surface area contributed by atoms with E-state index in [1.54, 1.807) is 23.6 Å². The third kappa shape index (κ3) is 3.84. The number of carbonyl (C=O) groups excluding carboxylic acids is 1. The van der Waals surface area contributed by atoms with Crippen LogP contribution in [-0.2, 0) is 25.3 Å². The Hall–Kier alpha value is -3.09. The predicted octanol–water partition coefficient (Wildman–Crippen LogP) is 1.57. The van der Waals surface area contributed by atoms with Gasteiger partial charge in [0.15, 0.2) is 5.82 Å². The Bertz CT molecular complexity index is 1070. The molecule has 0 unspecified atom stereocenters. The highest BCUT2D eigenvalue weighted by atomic mass is 16.6. The fraction of sp³-hybridized carbons (Fsp3) is 0.650. The number of anilines is 1. The number of hydrogen-bond donors (Lipinski definition) is 0. The lowest BCUT2D eigenvalue weighted by Gasteiger charge is -2.44. The number of nitrogens with zero attached hydrogens (tertiary/aromatic N) is 7. The second-order valence-corrected chi connectivity index (χ2v) is 8.85. The van der Waals surface area contributed by atoms with Crippen LogP contribution in [0.2, 0.25) is 0 Å². The standard InChI is InChI=1S/C20H29N7O3/c1-12-11-27(19(29)30-20(3,4)5)13(2)10-26(12)16-15-17(25(7)18(28)23-16)24(6)14(22-15)8-9-21/h12-13H,8,10-11H2,1-7H3/t12-,13+/m0/s1. The first-order chi connectivity index (χ1) is 13.9. The van der Waals surface area contributed by atoms with Crippen molar-refractivity contribution in [1.29, 1.82) is 5.26 Å². The van der Waals surface area contributed by atoms with Crippen LogP contribution in [0, 0.1) is 11.3 Å². The molecule has 30 heavy (non-hydrogen) atoms. The summed E-state index contributed by atoms with van der Waals surface area (Å²) in [6.45, 7) is 10.4. The van der Waals surface area contributed by atoms with Crippen molar-refractivity contribution in [3.05, 3.63) is 16.3 Å². The van der Waals surface area contributed by atoms with E-state index in [0.717, 1.165) is 0 Å².